The van der Waals surface area contributed by atoms with Crippen LogP contribution in [0.1, 0.15) is 82.6 Å². The monoisotopic (exact) mass is 621 g/mol. The molecule has 1 aromatic heterocycles. The maximum absolute atomic E-state index is 13.3. The second-order valence-corrected chi connectivity index (χ2v) is 11.0. The second-order valence-electron chi connectivity index (χ2n) is 11.0. The van der Waals surface area contributed by atoms with Crippen molar-refractivity contribution in [2.75, 3.05) is 18.5 Å². The molecular formula is C37H39N3O6. The summed E-state index contributed by atoms with van der Waals surface area (Å²) in [6.45, 7) is 4.36. The Balaban J connectivity index is 1.31. The van der Waals surface area contributed by atoms with Crippen molar-refractivity contribution in [2.24, 2.45) is 0 Å². The molecule has 46 heavy (non-hydrogen) atoms. The molecule has 4 aromatic rings. The van der Waals surface area contributed by atoms with Crippen LogP contribution in [0, 0.1) is 0 Å². The van der Waals surface area contributed by atoms with E-state index in [0.717, 1.165) is 18.4 Å². The van der Waals surface area contributed by atoms with Crippen LogP contribution >= 0.6 is 0 Å². The van der Waals surface area contributed by atoms with Crippen LogP contribution in [0.3, 0.4) is 0 Å². The molecule has 0 unspecified atom stereocenters. The van der Waals surface area contributed by atoms with Crippen molar-refractivity contribution in [3.63, 3.8) is 0 Å². The van der Waals surface area contributed by atoms with Crippen LogP contribution < -0.4 is 14.8 Å². The average Bonchev–Trinajstić information content (AvgIpc) is 3.07. The third kappa shape index (κ3) is 10.4. The average molecular weight is 622 g/mol. The first-order chi connectivity index (χ1) is 22.3. The zero-order chi connectivity index (χ0) is 32.7. The lowest BCUT2D eigenvalue weighted by Crippen LogP contribution is -2.34. The number of Topliss-reactive ketones (excluding diaryl/α,β-unsaturated/α-hetero) is 1. The summed E-state index contributed by atoms with van der Waals surface area (Å²) >= 11 is 0. The lowest BCUT2D eigenvalue weighted by Gasteiger charge is -2.22. The Hall–Kier alpha value is -5.31. The number of carbonyl (C=O) groups excluding carboxylic acids is 4. The summed E-state index contributed by atoms with van der Waals surface area (Å²) in [4.78, 5) is 55.8. The quantitative estimate of drug-likeness (QED) is 0.0804. The fourth-order valence-electron chi connectivity index (χ4n) is 4.68. The lowest BCUT2D eigenvalue weighted by molar-refractivity contribution is -0.117. The van der Waals surface area contributed by atoms with Crippen LogP contribution in [0.15, 0.2) is 97.3 Å². The molecule has 9 nitrogen and oxygen atoms in total. The SMILES string of the molecule is CCCCCCCOc1ccc(C(=O)Oc2ccc(CN(CC(C)=O)C(=O)c3ccc(NC(=O)c4cccnc4)cc3)cc2)cc1. The number of nitrogens with zero attached hydrogens (tertiary/aromatic N) is 2. The van der Waals surface area contributed by atoms with E-state index >= 15 is 0 Å². The van der Waals surface area contributed by atoms with Crippen molar-refractivity contribution in [1.29, 1.82) is 0 Å². The fourth-order valence-corrected chi connectivity index (χ4v) is 4.68. The molecule has 0 fully saturated rings. The Labute approximate surface area is 269 Å². The van der Waals surface area contributed by atoms with Gasteiger partial charge in [-0.25, -0.2) is 4.79 Å². The predicted molar refractivity (Wildman–Crippen MR) is 176 cm³/mol. The van der Waals surface area contributed by atoms with Crippen molar-refractivity contribution >= 4 is 29.3 Å². The van der Waals surface area contributed by atoms with Crippen molar-refractivity contribution in [3.05, 3.63) is 120 Å². The number of unbranched alkanes of at least 4 members (excludes halogenated alkanes) is 4. The molecule has 0 spiro atoms. The fraction of sp³-hybridized carbons (Fsp3) is 0.270. The Morgan fingerprint density at radius 1 is 0.761 bits per heavy atom. The minimum absolute atomic E-state index is 0.0758. The molecule has 0 aliphatic heterocycles. The summed E-state index contributed by atoms with van der Waals surface area (Å²) in [5.41, 5.74) is 2.46. The summed E-state index contributed by atoms with van der Waals surface area (Å²) < 4.78 is 11.3. The van der Waals surface area contributed by atoms with Gasteiger partial charge in [0.1, 0.15) is 17.3 Å². The van der Waals surface area contributed by atoms with Gasteiger partial charge in [-0.3, -0.25) is 19.4 Å². The van der Waals surface area contributed by atoms with Gasteiger partial charge in [-0.1, -0.05) is 44.7 Å². The molecular weight excluding hydrogens is 582 g/mol. The molecule has 9 heteroatoms. The Bertz CT molecular complexity index is 1590. The molecule has 1 N–H and O–H groups in total. The van der Waals surface area contributed by atoms with Gasteiger partial charge in [0, 0.05) is 30.2 Å². The molecule has 2 amide bonds. The normalized spacial score (nSPS) is 10.6. The Morgan fingerprint density at radius 3 is 2.09 bits per heavy atom. The van der Waals surface area contributed by atoms with Gasteiger partial charge in [-0.2, -0.15) is 0 Å². The van der Waals surface area contributed by atoms with Gasteiger partial charge < -0.3 is 19.7 Å². The lowest BCUT2D eigenvalue weighted by atomic mass is 10.1. The van der Waals surface area contributed by atoms with E-state index in [-0.39, 0.29) is 30.7 Å². The highest BCUT2D eigenvalue weighted by Crippen LogP contribution is 2.20. The van der Waals surface area contributed by atoms with Crippen LogP contribution in [0.4, 0.5) is 5.69 Å². The number of ether oxygens (including phenoxy) is 2. The first-order valence-electron chi connectivity index (χ1n) is 15.5. The molecule has 0 atom stereocenters. The van der Waals surface area contributed by atoms with Gasteiger partial charge in [0.2, 0.25) is 0 Å². The van der Waals surface area contributed by atoms with E-state index in [4.69, 9.17) is 9.47 Å². The molecule has 0 saturated heterocycles. The standard InChI is InChI=1S/C37H39N3O6/c1-3-4-5-6-7-23-45-33-20-14-30(15-21-33)37(44)46-34-18-10-28(11-19-34)26-40(25-27(2)41)36(43)29-12-16-32(17-13-29)39-35(42)31-9-8-22-38-24-31/h8-22,24H,3-7,23,25-26H2,1-2H3,(H,39,42). The van der Waals surface area contributed by atoms with Gasteiger partial charge >= 0.3 is 5.97 Å². The van der Waals surface area contributed by atoms with Crippen molar-refractivity contribution < 1.29 is 28.7 Å². The van der Waals surface area contributed by atoms with Crippen LogP contribution in [-0.4, -0.2) is 46.6 Å². The van der Waals surface area contributed by atoms with E-state index in [0.29, 0.717) is 40.5 Å². The highest BCUT2D eigenvalue weighted by Gasteiger charge is 2.19. The van der Waals surface area contributed by atoms with E-state index < -0.39 is 5.97 Å². The van der Waals surface area contributed by atoms with E-state index in [1.54, 1.807) is 91.1 Å². The molecule has 0 aliphatic carbocycles. The number of rotatable bonds is 16. The Morgan fingerprint density at radius 2 is 1.43 bits per heavy atom. The van der Waals surface area contributed by atoms with Crippen molar-refractivity contribution in [2.45, 2.75) is 52.5 Å². The number of hydrogen-bond acceptors (Lipinski definition) is 7. The van der Waals surface area contributed by atoms with Gasteiger partial charge in [-0.15, -0.1) is 0 Å². The number of ketones is 1. The number of esters is 1. The molecule has 3 aromatic carbocycles. The third-order valence-corrected chi connectivity index (χ3v) is 7.13. The molecule has 0 saturated carbocycles. The molecule has 0 aliphatic rings. The highest BCUT2D eigenvalue weighted by atomic mass is 16.5. The molecule has 1 heterocycles. The number of amides is 2. The minimum atomic E-state index is -0.493. The first kappa shape index (κ1) is 33.6. The van der Waals surface area contributed by atoms with Crippen LogP contribution in [-0.2, 0) is 11.3 Å². The topological polar surface area (TPSA) is 115 Å². The summed E-state index contributed by atoms with van der Waals surface area (Å²) in [7, 11) is 0. The summed E-state index contributed by atoms with van der Waals surface area (Å²) in [6, 6.07) is 23.5. The smallest absolute Gasteiger partial charge is 0.343 e. The zero-order valence-electron chi connectivity index (χ0n) is 26.2. The third-order valence-electron chi connectivity index (χ3n) is 7.13. The highest BCUT2D eigenvalue weighted by molar-refractivity contribution is 6.04. The van der Waals surface area contributed by atoms with E-state index in [2.05, 4.69) is 17.2 Å². The summed E-state index contributed by atoms with van der Waals surface area (Å²) in [5.74, 6) is -0.236. The maximum Gasteiger partial charge on any atom is 0.343 e. The number of hydrogen-bond donors (Lipinski definition) is 1. The second kappa shape index (κ2) is 17.2. The van der Waals surface area contributed by atoms with Crippen molar-refractivity contribution in [1.82, 2.24) is 9.88 Å². The van der Waals surface area contributed by atoms with Gasteiger partial charge in [-0.05, 0) is 91.7 Å². The summed E-state index contributed by atoms with van der Waals surface area (Å²) in [6.07, 6.45) is 8.86. The van der Waals surface area contributed by atoms with Crippen LogP contribution in [0.25, 0.3) is 0 Å². The van der Waals surface area contributed by atoms with Crippen molar-refractivity contribution in [3.8, 4) is 11.5 Å². The number of carbonyl (C=O) groups is 4. The minimum Gasteiger partial charge on any atom is -0.494 e. The molecule has 4 rings (SSSR count). The van der Waals surface area contributed by atoms with Crippen LogP contribution in [0.2, 0.25) is 0 Å². The van der Waals surface area contributed by atoms with E-state index in [9.17, 15) is 19.2 Å². The molecule has 0 radical (unpaired) electrons. The van der Waals surface area contributed by atoms with Gasteiger partial charge in [0.25, 0.3) is 11.8 Å². The van der Waals surface area contributed by atoms with Gasteiger partial charge in [0.15, 0.2) is 0 Å². The number of nitrogens with one attached hydrogen (secondary N) is 1. The summed E-state index contributed by atoms with van der Waals surface area (Å²) in [5, 5.41) is 2.77. The van der Waals surface area contributed by atoms with Gasteiger partial charge in [0.05, 0.1) is 24.3 Å². The predicted octanol–water partition coefficient (Wildman–Crippen LogP) is 7.13. The first-order valence-corrected chi connectivity index (χ1v) is 15.5. The van der Waals surface area contributed by atoms with E-state index in [1.165, 1.54) is 37.3 Å². The zero-order valence-corrected chi connectivity index (χ0v) is 26.2. The van der Waals surface area contributed by atoms with E-state index in [1.807, 2.05) is 0 Å². The molecule has 0 bridgehead atoms. The molecule has 238 valence electrons. The number of aromatic nitrogens is 1. The number of pyridine rings is 1. The Kier molecular flexibility index (Phi) is 12.6. The number of anilines is 1. The number of benzene rings is 3. The van der Waals surface area contributed by atoms with Crippen LogP contribution in [0.5, 0.6) is 11.5 Å². The largest absolute Gasteiger partial charge is 0.494 e. The maximum atomic E-state index is 13.3.